The molecule has 20 heavy (non-hydrogen) atoms. The number of pyridine rings is 1. The average molecular weight is 290 g/mol. The predicted octanol–water partition coefficient (Wildman–Crippen LogP) is 1.74. The maximum absolute atomic E-state index is 12.5. The van der Waals surface area contributed by atoms with E-state index in [1.165, 1.54) is 11.3 Å². The van der Waals surface area contributed by atoms with Crippen LogP contribution in [0.5, 0.6) is 0 Å². The summed E-state index contributed by atoms with van der Waals surface area (Å²) in [6.07, 6.45) is 3.52. The molecule has 0 aromatic carbocycles. The van der Waals surface area contributed by atoms with Gasteiger partial charge in [0.2, 0.25) is 0 Å². The summed E-state index contributed by atoms with van der Waals surface area (Å²) in [5.41, 5.74) is 3.22. The number of amides is 1. The maximum Gasteiger partial charge on any atom is 0.273 e. The average Bonchev–Trinajstić information content (AvgIpc) is 2.97. The topological polar surface area (TPSA) is 49.3 Å². The highest BCUT2D eigenvalue weighted by atomic mass is 32.1. The molecule has 1 amide bonds. The summed E-state index contributed by atoms with van der Waals surface area (Å²) < 4.78 is 0. The first kappa shape index (κ1) is 14.6. The van der Waals surface area contributed by atoms with E-state index < -0.39 is 0 Å². The molecule has 2 heterocycles. The van der Waals surface area contributed by atoms with Crippen LogP contribution in [0.15, 0.2) is 35.4 Å². The molecule has 6 heteroatoms. The molecule has 5 nitrogen and oxygen atoms in total. The molecule has 0 aliphatic heterocycles. The lowest BCUT2D eigenvalue weighted by molar-refractivity contribution is 0.0726. The fourth-order valence-corrected chi connectivity index (χ4v) is 2.29. The van der Waals surface area contributed by atoms with E-state index in [-0.39, 0.29) is 5.91 Å². The monoisotopic (exact) mass is 290 g/mol. The van der Waals surface area contributed by atoms with Crippen LogP contribution in [0.3, 0.4) is 0 Å². The summed E-state index contributed by atoms with van der Waals surface area (Å²) in [5.74, 6) is -0.0306. The second kappa shape index (κ2) is 7.12. The third kappa shape index (κ3) is 4.11. The summed E-state index contributed by atoms with van der Waals surface area (Å²) in [4.78, 5) is 24.5. The number of likely N-dealkylation sites (N-methyl/N-ethyl adjacent to an activating group) is 1. The minimum Gasteiger partial charge on any atom is -0.332 e. The Morgan fingerprint density at radius 1 is 1.35 bits per heavy atom. The van der Waals surface area contributed by atoms with Crippen LogP contribution in [0, 0.1) is 0 Å². The van der Waals surface area contributed by atoms with Crippen molar-refractivity contribution < 1.29 is 4.79 Å². The van der Waals surface area contributed by atoms with E-state index >= 15 is 0 Å². The van der Waals surface area contributed by atoms with Gasteiger partial charge in [-0.1, -0.05) is 6.07 Å². The molecule has 2 aromatic heterocycles. The third-order valence-corrected chi connectivity index (χ3v) is 3.44. The van der Waals surface area contributed by atoms with Crippen LogP contribution in [0.25, 0.3) is 0 Å². The molecule has 0 saturated carbocycles. The molecule has 0 saturated heterocycles. The fraction of sp³-hybridized carbons (Fsp3) is 0.357. The van der Waals surface area contributed by atoms with Crippen LogP contribution >= 0.6 is 11.3 Å². The fourth-order valence-electron chi connectivity index (χ4n) is 1.77. The lowest BCUT2D eigenvalue weighted by atomic mass is 10.2. The van der Waals surface area contributed by atoms with Gasteiger partial charge in [0.05, 0.1) is 5.51 Å². The zero-order valence-corrected chi connectivity index (χ0v) is 12.5. The minimum atomic E-state index is -0.0306. The van der Waals surface area contributed by atoms with Crippen molar-refractivity contribution in [3.63, 3.8) is 0 Å². The first-order valence-electron chi connectivity index (χ1n) is 6.38. The molecule has 0 fully saturated rings. The zero-order chi connectivity index (χ0) is 14.4. The third-order valence-electron chi connectivity index (χ3n) is 2.85. The van der Waals surface area contributed by atoms with E-state index in [2.05, 4.69) is 14.9 Å². The van der Waals surface area contributed by atoms with E-state index in [0.29, 0.717) is 18.8 Å². The molecular formula is C14H18N4OS. The second-order valence-electron chi connectivity index (χ2n) is 4.76. The number of hydrogen-bond acceptors (Lipinski definition) is 5. The summed E-state index contributed by atoms with van der Waals surface area (Å²) in [7, 11) is 3.99. The van der Waals surface area contributed by atoms with E-state index in [0.717, 1.165) is 12.1 Å². The van der Waals surface area contributed by atoms with Gasteiger partial charge in [-0.25, -0.2) is 4.98 Å². The van der Waals surface area contributed by atoms with Crippen LogP contribution < -0.4 is 0 Å². The summed E-state index contributed by atoms with van der Waals surface area (Å²) in [6.45, 7) is 2.03. The Bertz CT molecular complexity index is 527. The van der Waals surface area contributed by atoms with Gasteiger partial charge in [0.1, 0.15) is 5.69 Å². The maximum atomic E-state index is 12.5. The van der Waals surface area contributed by atoms with Crippen LogP contribution in [-0.4, -0.2) is 52.9 Å². The molecule has 0 aliphatic carbocycles. The second-order valence-corrected chi connectivity index (χ2v) is 5.48. The number of nitrogens with zero attached hydrogens (tertiary/aromatic N) is 4. The van der Waals surface area contributed by atoms with Gasteiger partial charge in [-0.2, -0.15) is 0 Å². The van der Waals surface area contributed by atoms with E-state index in [9.17, 15) is 4.79 Å². The van der Waals surface area contributed by atoms with E-state index in [4.69, 9.17) is 0 Å². The summed E-state index contributed by atoms with van der Waals surface area (Å²) in [6, 6.07) is 3.86. The van der Waals surface area contributed by atoms with Gasteiger partial charge >= 0.3 is 0 Å². The standard InChI is InChI=1S/C14H18N4OS/c1-17(2)6-7-18(9-12-4-3-5-15-8-12)14(19)13-10-20-11-16-13/h3-5,8,10-11H,6-7,9H2,1-2H3. The number of thiazole rings is 1. The van der Waals surface area contributed by atoms with Gasteiger partial charge in [-0.15, -0.1) is 11.3 Å². The normalized spacial score (nSPS) is 10.8. The van der Waals surface area contributed by atoms with Crippen LogP contribution in [-0.2, 0) is 6.54 Å². The van der Waals surface area contributed by atoms with Crippen molar-refractivity contribution in [3.05, 3.63) is 46.7 Å². The van der Waals surface area contributed by atoms with Gasteiger partial charge in [0.25, 0.3) is 5.91 Å². The molecule has 0 radical (unpaired) electrons. The van der Waals surface area contributed by atoms with Crippen LogP contribution in [0.4, 0.5) is 0 Å². The molecular weight excluding hydrogens is 272 g/mol. The van der Waals surface area contributed by atoms with Crippen molar-refractivity contribution in [1.82, 2.24) is 19.8 Å². The smallest absolute Gasteiger partial charge is 0.273 e. The number of rotatable bonds is 6. The molecule has 0 spiro atoms. The minimum absolute atomic E-state index is 0.0306. The first-order chi connectivity index (χ1) is 9.66. The Kier molecular flexibility index (Phi) is 5.20. The van der Waals surface area contributed by atoms with E-state index in [1.54, 1.807) is 23.3 Å². The van der Waals surface area contributed by atoms with Gasteiger partial charge in [0.15, 0.2) is 0 Å². The van der Waals surface area contributed by atoms with Gasteiger partial charge in [0, 0.05) is 37.4 Å². The summed E-state index contributed by atoms with van der Waals surface area (Å²) in [5, 5.41) is 1.79. The largest absolute Gasteiger partial charge is 0.332 e. The highest BCUT2D eigenvalue weighted by Crippen LogP contribution is 2.10. The molecule has 0 unspecified atom stereocenters. The van der Waals surface area contributed by atoms with Crippen molar-refractivity contribution in [3.8, 4) is 0 Å². The Labute approximate surface area is 122 Å². The zero-order valence-electron chi connectivity index (χ0n) is 11.7. The molecule has 0 bridgehead atoms. The molecule has 2 rings (SSSR count). The van der Waals surface area contributed by atoms with Gasteiger partial charge in [-0.3, -0.25) is 9.78 Å². The SMILES string of the molecule is CN(C)CCN(Cc1cccnc1)C(=O)c1cscn1. The van der Waals surface area contributed by atoms with Crippen LogP contribution in [0.2, 0.25) is 0 Å². The molecule has 0 N–H and O–H groups in total. The van der Waals surface area contributed by atoms with Crippen LogP contribution in [0.1, 0.15) is 16.1 Å². The van der Waals surface area contributed by atoms with Gasteiger partial charge in [-0.05, 0) is 25.7 Å². The van der Waals surface area contributed by atoms with Crippen molar-refractivity contribution >= 4 is 17.2 Å². The molecule has 0 aliphatic rings. The Balaban J connectivity index is 2.10. The van der Waals surface area contributed by atoms with Gasteiger partial charge < -0.3 is 9.80 Å². The van der Waals surface area contributed by atoms with Crippen molar-refractivity contribution in [2.24, 2.45) is 0 Å². The molecule has 2 aromatic rings. The lowest BCUT2D eigenvalue weighted by Crippen LogP contribution is -2.36. The molecule has 0 atom stereocenters. The Morgan fingerprint density at radius 2 is 2.20 bits per heavy atom. The first-order valence-corrected chi connectivity index (χ1v) is 7.32. The number of carbonyl (C=O) groups excluding carboxylic acids is 1. The summed E-state index contributed by atoms with van der Waals surface area (Å²) >= 11 is 1.43. The van der Waals surface area contributed by atoms with Crippen molar-refractivity contribution in [2.45, 2.75) is 6.54 Å². The lowest BCUT2D eigenvalue weighted by Gasteiger charge is -2.23. The highest BCUT2D eigenvalue weighted by Gasteiger charge is 2.17. The van der Waals surface area contributed by atoms with Crippen molar-refractivity contribution in [1.29, 1.82) is 0 Å². The van der Waals surface area contributed by atoms with Crippen molar-refractivity contribution in [2.75, 3.05) is 27.2 Å². The predicted molar refractivity (Wildman–Crippen MR) is 79.6 cm³/mol. The Morgan fingerprint density at radius 3 is 2.80 bits per heavy atom. The molecule has 106 valence electrons. The number of carbonyl (C=O) groups is 1. The Hall–Kier alpha value is -1.79. The quantitative estimate of drug-likeness (QED) is 0.813. The number of aromatic nitrogens is 2. The van der Waals surface area contributed by atoms with E-state index in [1.807, 2.05) is 31.1 Å². The number of hydrogen-bond donors (Lipinski definition) is 0. The highest BCUT2D eigenvalue weighted by molar-refractivity contribution is 7.07.